The van der Waals surface area contributed by atoms with E-state index in [9.17, 15) is 14.3 Å². The SMILES string of the molecule is CC(C)(C)CN(Cc1cc(Sc2ccccc2)c(-c2ccccc2F)o1)C(=O)O. The Morgan fingerprint density at radius 1 is 1.10 bits per heavy atom. The second-order valence-electron chi connectivity index (χ2n) is 8.00. The van der Waals surface area contributed by atoms with Crippen LogP contribution in [0, 0.1) is 11.2 Å². The molecule has 0 atom stereocenters. The zero-order valence-corrected chi connectivity index (χ0v) is 17.5. The number of halogens is 1. The number of hydrogen-bond donors (Lipinski definition) is 1. The highest BCUT2D eigenvalue weighted by atomic mass is 32.2. The number of rotatable bonds is 6. The van der Waals surface area contributed by atoms with Gasteiger partial charge in [0, 0.05) is 11.4 Å². The van der Waals surface area contributed by atoms with E-state index >= 15 is 0 Å². The van der Waals surface area contributed by atoms with Crippen molar-refractivity contribution in [1.29, 1.82) is 0 Å². The standard InChI is InChI=1S/C23H24FNO3S/c1-23(2,3)15-25(22(26)27)14-16-13-20(29-17-9-5-4-6-10-17)21(28-16)18-11-7-8-12-19(18)24/h4-13H,14-15H2,1-3H3,(H,26,27). The van der Waals surface area contributed by atoms with Crippen LogP contribution in [0.5, 0.6) is 0 Å². The minimum Gasteiger partial charge on any atom is -0.465 e. The minimum absolute atomic E-state index is 0.101. The number of benzene rings is 2. The summed E-state index contributed by atoms with van der Waals surface area (Å²) in [5.41, 5.74) is 0.163. The van der Waals surface area contributed by atoms with Gasteiger partial charge in [-0.25, -0.2) is 9.18 Å². The Balaban J connectivity index is 1.97. The maximum atomic E-state index is 14.4. The molecule has 0 bridgehead atoms. The second-order valence-corrected chi connectivity index (χ2v) is 9.12. The third-order valence-electron chi connectivity index (χ3n) is 4.12. The highest BCUT2D eigenvalue weighted by molar-refractivity contribution is 7.99. The monoisotopic (exact) mass is 413 g/mol. The predicted molar refractivity (Wildman–Crippen MR) is 113 cm³/mol. The van der Waals surface area contributed by atoms with Crippen molar-refractivity contribution in [2.45, 2.75) is 37.1 Å². The molecule has 29 heavy (non-hydrogen) atoms. The van der Waals surface area contributed by atoms with Gasteiger partial charge in [-0.15, -0.1) is 0 Å². The van der Waals surface area contributed by atoms with Crippen LogP contribution in [0.15, 0.2) is 74.9 Å². The summed E-state index contributed by atoms with van der Waals surface area (Å²) in [4.78, 5) is 14.8. The minimum atomic E-state index is -1.01. The molecule has 0 aliphatic carbocycles. The Morgan fingerprint density at radius 2 is 1.76 bits per heavy atom. The Kier molecular flexibility index (Phi) is 6.33. The Bertz CT molecular complexity index is 979. The summed E-state index contributed by atoms with van der Waals surface area (Å²) in [6, 6.07) is 18.0. The van der Waals surface area contributed by atoms with Crippen molar-refractivity contribution in [2.24, 2.45) is 5.41 Å². The summed E-state index contributed by atoms with van der Waals surface area (Å²) in [6.07, 6.45) is -1.01. The van der Waals surface area contributed by atoms with Gasteiger partial charge in [0.05, 0.1) is 17.0 Å². The largest absolute Gasteiger partial charge is 0.465 e. The van der Waals surface area contributed by atoms with Crippen LogP contribution >= 0.6 is 11.8 Å². The van der Waals surface area contributed by atoms with Crippen LogP contribution in [-0.2, 0) is 6.54 Å². The molecule has 0 spiro atoms. The first-order chi connectivity index (χ1) is 13.7. The molecule has 0 saturated carbocycles. The number of amides is 1. The first-order valence-electron chi connectivity index (χ1n) is 9.31. The molecule has 2 aromatic carbocycles. The third-order valence-corrected chi connectivity index (χ3v) is 5.15. The summed E-state index contributed by atoms with van der Waals surface area (Å²) in [5, 5.41) is 9.59. The maximum Gasteiger partial charge on any atom is 0.407 e. The topological polar surface area (TPSA) is 53.7 Å². The summed E-state index contributed by atoms with van der Waals surface area (Å²) in [5.74, 6) is 0.509. The molecule has 0 aliphatic heterocycles. The van der Waals surface area contributed by atoms with E-state index in [1.807, 2.05) is 51.1 Å². The van der Waals surface area contributed by atoms with E-state index < -0.39 is 6.09 Å². The summed E-state index contributed by atoms with van der Waals surface area (Å²) < 4.78 is 20.4. The van der Waals surface area contributed by atoms with E-state index in [1.54, 1.807) is 24.3 Å². The van der Waals surface area contributed by atoms with Crippen molar-refractivity contribution in [1.82, 2.24) is 4.90 Å². The smallest absolute Gasteiger partial charge is 0.407 e. The van der Waals surface area contributed by atoms with Crippen LogP contribution in [-0.4, -0.2) is 22.6 Å². The van der Waals surface area contributed by atoms with E-state index in [2.05, 4.69) is 0 Å². The predicted octanol–water partition coefficient (Wildman–Crippen LogP) is 6.76. The van der Waals surface area contributed by atoms with Crippen LogP contribution in [0.25, 0.3) is 11.3 Å². The van der Waals surface area contributed by atoms with Crippen molar-refractivity contribution >= 4 is 17.9 Å². The van der Waals surface area contributed by atoms with Gasteiger partial charge in [-0.2, -0.15) is 0 Å². The molecule has 1 N–H and O–H groups in total. The fourth-order valence-electron chi connectivity index (χ4n) is 2.98. The maximum absolute atomic E-state index is 14.4. The van der Waals surface area contributed by atoms with E-state index in [0.29, 0.717) is 23.6 Å². The van der Waals surface area contributed by atoms with Crippen molar-refractivity contribution in [3.63, 3.8) is 0 Å². The van der Waals surface area contributed by atoms with Crippen molar-refractivity contribution in [2.75, 3.05) is 6.54 Å². The molecule has 0 unspecified atom stereocenters. The number of carboxylic acid groups (broad SMARTS) is 1. The van der Waals surface area contributed by atoms with E-state index in [1.165, 1.54) is 22.7 Å². The zero-order valence-electron chi connectivity index (χ0n) is 16.7. The first kappa shape index (κ1) is 21.0. The Morgan fingerprint density at radius 3 is 2.38 bits per heavy atom. The lowest BCUT2D eigenvalue weighted by Gasteiger charge is -2.27. The van der Waals surface area contributed by atoms with Gasteiger partial charge >= 0.3 is 6.09 Å². The molecule has 0 saturated heterocycles. The zero-order chi connectivity index (χ0) is 21.0. The average Bonchev–Trinajstić information content (AvgIpc) is 3.03. The molecule has 152 valence electrons. The molecule has 6 heteroatoms. The van der Waals surface area contributed by atoms with E-state index in [0.717, 1.165) is 9.79 Å². The fraction of sp³-hybridized carbons (Fsp3) is 0.261. The van der Waals surface area contributed by atoms with Gasteiger partial charge in [-0.05, 0) is 35.7 Å². The molecule has 4 nitrogen and oxygen atoms in total. The second kappa shape index (κ2) is 8.74. The van der Waals surface area contributed by atoms with Gasteiger partial charge in [-0.3, -0.25) is 0 Å². The van der Waals surface area contributed by atoms with Gasteiger partial charge < -0.3 is 14.4 Å². The van der Waals surface area contributed by atoms with Gasteiger partial charge in [0.25, 0.3) is 0 Å². The van der Waals surface area contributed by atoms with E-state index in [-0.39, 0.29) is 17.8 Å². The summed E-state index contributed by atoms with van der Waals surface area (Å²) in [7, 11) is 0. The fourth-order valence-corrected chi connectivity index (χ4v) is 3.96. The lowest BCUT2D eigenvalue weighted by Crippen LogP contribution is -2.36. The first-order valence-corrected chi connectivity index (χ1v) is 10.1. The lowest BCUT2D eigenvalue weighted by molar-refractivity contribution is 0.119. The Hall–Kier alpha value is -2.73. The average molecular weight is 414 g/mol. The molecule has 3 aromatic rings. The quantitative estimate of drug-likeness (QED) is 0.485. The normalized spacial score (nSPS) is 11.4. The number of hydrogen-bond acceptors (Lipinski definition) is 3. The lowest BCUT2D eigenvalue weighted by atomic mass is 9.96. The van der Waals surface area contributed by atoms with Crippen LogP contribution in [0.3, 0.4) is 0 Å². The van der Waals surface area contributed by atoms with Crippen LogP contribution in [0.1, 0.15) is 26.5 Å². The van der Waals surface area contributed by atoms with Crippen molar-refractivity contribution < 1.29 is 18.7 Å². The van der Waals surface area contributed by atoms with Gasteiger partial charge in [0.1, 0.15) is 11.6 Å². The molecule has 0 fully saturated rings. The summed E-state index contributed by atoms with van der Waals surface area (Å²) >= 11 is 1.46. The molecule has 1 aromatic heterocycles. The van der Waals surface area contributed by atoms with Crippen LogP contribution < -0.4 is 0 Å². The van der Waals surface area contributed by atoms with Gasteiger partial charge in [0.15, 0.2) is 5.76 Å². The highest BCUT2D eigenvalue weighted by Gasteiger charge is 2.24. The van der Waals surface area contributed by atoms with Crippen molar-refractivity contribution in [3.8, 4) is 11.3 Å². The number of nitrogens with zero attached hydrogens (tertiary/aromatic N) is 1. The highest BCUT2D eigenvalue weighted by Crippen LogP contribution is 2.39. The summed E-state index contributed by atoms with van der Waals surface area (Å²) in [6.45, 7) is 6.40. The van der Waals surface area contributed by atoms with Gasteiger partial charge in [0.2, 0.25) is 0 Å². The number of carbonyl (C=O) groups is 1. The number of furan rings is 1. The van der Waals surface area contributed by atoms with Crippen LogP contribution in [0.4, 0.5) is 9.18 Å². The van der Waals surface area contributed by atoms with Crippen molar-refractivity contribution in [3.05, 3.63) is 72.2 Å². The molecule has 1 amide bonds. The molecule has 1 heterocycles. The molecular weight excluding hydrogens is 389 g/mol. The molecular formula is C23H24FNO3S. The molecule has 0 aliphatic rings. The van der Waals surface area contributed by atoms with Crippen LogP contribution in [0.2, 0.25) is 0 Å². The van der Waals surface area contributed by atoms with Gasteiger partial charge in [-0.1, -0.05) is 62.9 Å². The third kappa shape index (κ3) is 5.64. The Labute approximate surface area is 174 Å². The van der Waals surface area contributed by atoms with E-state index in [4.69, 9.17) is 4.42 Å². The molecule has 0 radical (unpaired) electrons. The molecule has 3 rings (SSSR count).